The first kappa shape index (κ1) is 16.7. The Morgan fingerprint density at radius 1 is 1.42 bits per heavy atom. The van der Waals surface area contributed by atoms with E-state index in [4.69, 9.17) is 5.73 Å². The van der Waals surface area contributed by atoms with Gasteiger partial charge in [0.15, 0.2) is 9.84 Å². The van der Waals surface area contributed by atoms with Crippen LogP contribution in [0.1, 0.15) is 32.2 Å². The summed E-state index contributed by atoms with van der Waals surface area (Å²) in [4.78, 5) is 0. The van der Waals surface area contributed by atoms with Crippen molar-refractivity contribution in [3.63, 3.8) is 0 Å². The van der Waals surface area contributed by atoms with Gasteiger partial charge in [-0.2, -0.15) is 5.10 Å². The molecular formula is C12H22BrN3O2S. The van der Waals surface area contributed by atoms with E-state index in [1.54, 1.807) is 4.68 Å². The van der Waals surface area contributed by atoms with Crippen LogP contribution in [0.3, 0.4) is 0 Å². The van der Waals surface area contributed by atoms with Gasteiger partial charge in [0.1, 0.15) is 0 Å². The van der Waals surface area contributed by atoms with Crippen molar-refractivity contribution in [3.8, 4) is 0 Å². The first-order valence-corrected chi connectivity index (χ1v) is 9.10. The van der Waals surface area contributed by atoms with Crippen LogP contribution in [0.25, 0.3) is 0 Å². The zero-order chi connectivity index (χ0) is 14.6. The number of aromatic nitrogens is 2. The Labute approximate surface area is 123 Å². The topological polar surface area (TPSA) is 78.0 Å². The third kappa shape index (κ3) is 4.29. The summed E-state index contributed by atoms with van der Waals surface area (Å²) in [6.07, 6.45) is 0.778. The molecule has 0 aliphatic carbocycles. The van der Waals surface area contributed by atoms with Gasteiger partial charge in [0, 0.05) is 6.54 Å². The number of hydrogen-bond donors (Lipinski definition) is 1. The van der Waals surface area contributed by atoms with Gasteiger partial charge in [-0.05, 0) is 41.7 Å². The molecule has 0 spiro atoms. The smallest absolute Gasteiger partial charge is 0.156 e. The van der Waals surface area contributed by atoms with Gasteiger partial charge in [-0.1, -0.05) is 13.8 Å². The Balaban J connectivity index is 3.01. The third-order valence-electron chi connectivity index (χ3n) is 2.99. The zero-order valence-electron chi connectivity index (χ0n) is 11.7. The Morgan fingerprint density at radius 3 is 2.53 bits per heavy atom. The Morgan fingerprint density at radius 2 is 2.05 bits per heavy atom. The molecule has 5 nitrogen and oxygen atoms in total. The van der Waals surface area contributed by atoms with Crippen molar-refractivity contribution < 1.29 is 8.42 Å². The summed E-state index contributed by atoms with van der Waals surface area (Å²) in [7, 11) is -3.17. The van der Waals surface area contributed by atoms with Crippen LogP contribution in [0, 0.1) is 5.92 Å². The number of halogens is 1. The summed E-state index contributed by atoms with van der Waals surface area (Å²) in [6, 6.07) is 0. The van der Waals surface area contributed by atoms with Crippen molar-refractivity contribution in [1.82, 2.24) is 9.78 Å². The highest BCUT2D eigenvalue weighted by Crippen LogP contribution is 2.24. The van der Waals surface area contributed by atoms with Crippen LogP contribution >= 0.6 is 15.9 Å². The molecule has 1 unspecified atom stereocenters. The number of nitrogens with zero attached hydrogens (tertiary/aromatic N) is 2. The van der Waals surface area contributed by atoms with E-state index >= 15 is 0 Å². The van der Waals surface area contributed by atoms with Gasteiger partial charge in [0.05, 0.1) is 27.4 Å². The minimum absolute atomic E-state index is 0.0127. The highest BCUT2D eigenvalue weighted by atomic mass is 79.9. The molecular weight excluding hydrogens is 330 g/mol. The second-order valence-corrected chi connectivity index (χ2v) is 7.67. The fraction of sp³-hybridized carbons (Fsp3) is 0.750. The molecule has 0 saturated heterocycles. The van der Waals surface area contributed by atoms with Crippen molar-refractivity contribution in [2.24, 2.45) is 11.7 Å². The lowest BCUT2D eigenvalue weighted by Crippen LogP contribution is -2.23. The van der Waals surface area contributed by atoms with Crippen LogP contribution in [0.15, 0.2) is 4.47 Å². The Hall–Kier alpha value is -0.400. The van der Waals surface area contributed by atoms with Crippen molar-refractivity contribution in [2.75, 3.05) is 12.3 Å². The average molecular weight is 352 g/mol. The Bertz CT molecular complexity index is 525. The van der Waals surface area contributed by atoms with Crippen LogP contribution in [-0.2, 0) is 28.6 Å². The maximum atomic E-state index is 12.2. The molecule has 1 heterocycles. The second-order valence-electron chi connectivity index (χ2n) is 4.77. The average Bonchev–Trinajstić information content (AvgIpc) is 2.65. The maximum absolute atomic E-state index is 12.2. The number of nitrogens with two attached hydrogens (primary N) is 1. The minimum atomic E-state index is -3.17. The SMILES string of the molecule is CCc1nn(CC)c(CS(=O)(=O)CC(C)CN)c1Br. The van der Waals surface area contributed by atoms with E-state index in [9.17, 15) is 8.42 Å². The molecule has 2 N–H and O–H groups in total. The van der Waals surface area contributed by atoms with Crippen molar-refractivity contribution in [3.05, 3.63) is 15.9 Å². The molecule has 110 valence electrons. The molecule has 0 amide bonds. The molecule has 1 aromatic rings. The summed E-state index contributed by atoms with van der Waals surface area (Å²) in [5, 5.41) is 4.41. The van der Waals surface area contributed by atoms with Crippen molar-refractivity contribution >= 4 is 25.8 Å². The standard InChI is InChI=1S/C12H22BrN3O2S/c1-4-10-12(13)11(16(5-2)15-10)8-19(17,18)7-9(3)6-14/h9H,4-8,14H2,1-3H3. The van der Waals surface area contributed by atoms with Crippen LogP contribution in [0.2, 0.25) is 0 Å². The monoisotopic (exact) mass is 351 g/mol. The van der Waals surface area contributed by atoms with E-state index in [1.165, 1.54) is 0 Å². The molecule has 0 aliphatic rings. The Kier molecular flexibility index (Phi) is 6.01. The molecule has 0 bridgehead atoms. The van der Waals surface area contributed by atoms with E-state index in [1.807, 2.05) is 20.8 Å². The minimum Gasteiger partial charge on any atom is -0.330 e. The van der Waals surface area contributed by atoms with Crippen LogP contribution in [-0.4, -0.2) is 30.5 Å². The summed E-state index contributed by atoms with van der Waals surface area (Å²) in [5.74, 6) is 0.109. The van der Waals surface area contributed by atoms with Gasteiger partial charge in [0.2, 0.25) is 0 Å². The van der Waals surface area contributed by atoms with E-state index in [0.717, 1.165) is 22.3 Å². The zero-order valence-corrected chi connectivity index (χ0v) is 14.1. The molecule has 1 rings (SSSR count). The lowest BCUT2D eigenvalue weighted by molar-refractivity contribution is 0.566. The molecule has 1 atom stereocenters. The predicted octanol–water partition coefficient (Wildman–Crippen LogP) is 1.74. The molecule has 0 aliphatic heterocycles. The summed E-state index contributed by atoms with van der Waals surface area (Å²) in [6.45, 7) is 6.85. The highest BCUT2D eigenvalue weighted by Gasteiger charge is 2.22. The summed E-state index contributed by atoms with van der Waals surface area (Å²) >= 11 is 3.47. The number of sulfone groups is 1. The molecule has 0 aromatic carbocycles. The molecule has 1 aromatic heterocycles. The van der Waals surface area contributed by atoms with Crippen molar-refractivity contribution in [1.29, 1.82) is 0 Å². The summed E-state index contributed by atoms with van der Waals surface area (Å²) < 4.78 is 26.9. The second kappa shape index (κ2) is 6.85. The van der Waals surface area contributed by atoms with E-state index in [0.29, 0.717) is 13.1 Å². The molecule has 0 fully saturated rings. The van der Waals surface area contributed by atoms with Gasteiger partial charge in [0.25, 0.3) is 0 Å². The number of aryl methyl sites for hydroxylation is 2. The predicted molar refractivity (Wildman–Crippen MR) is 80.7 cm³/mol. The number of hydrogen-bond acceptors (Lipinski definition) is 4. The maximum Gasteiger partial charge on any atom is 0.156 e. The van der Waals surface area contributed by atoms with E-state index in [-0.39, 0.29) is 17.4 Å². The normalized spacial score (nSPS) is 13.7. The summed E-state index contributed by atoms with van der Waals surface area (Å²) in [5.41, 5.74) is 7.13. The van der Waals surface area contributed by atoms with E-state index in [2.05, 4.69) is 21.0 Å². The molecule has 0 radical (unpaired) electrons. The van der Waals surface area contributed by atoms with Gasteiger partial charge >= 0.3 is 0 Å². The molecule has 0 saturated carbocycles. The fourth-order valence-corrected chi connectivity index (χ4v) is 4.64. The van der Waals surface area contributed by atoms with Gasteiger partial charge in [-0.15, -0.1) is 0 Å². The lowest BCUT2D eigenvalue weighted by Gasteiger charge is -2.10. The third-order valence-corrected chi connectivity index (χ3v) is 5.70. The van der Waals surface area contributed by atoms with Crippen LogP contribution in [0.5, 0.6) is 0 Å². The van der Waals surface area contributed by atoms with Gasteiger partial charge in [-0.25, -0.2) is 8.42 Å². The van der Waals surface area contributed by atoms with Crippen LogP contribution in [0.4, 0.5) is 0 Å². The van der Waals surface area contributed by atoms with Crippen LogP contribution < -0.4 is 5.73 Å². The van der Waals surface area contributed by atoms with Gasteiger partial charge in [-0.3, -0.25) is 4.68 Å². The number of rotatable bonds is 7. The highest BCUT2D eigenvalue weighted by molar-refractivity contribution is 9.10. The first-order chi connectivity index (χ1) is 8.84. The van der Waals surface area contributed by atoms with Crippen molar-refractivity contribution in [2.45, 2.75) is 39.5 Å². The first-order valence-electron chi connectivity index (χ1n) is 6.49. The molecule has 19 heavy (non-hydrogen) atoms. The molecule has 7 heteroatoms. The largest absolute Gasteiger partial charge is 0.330 e. The quantitative estimate of drug-likeness (QED) is 0.811. The fourth-order valence-electron chi connectivity index (χ4n) is 1.92. The van der Waals surface area contributed by atoms with E-state index < -0.39 is 9.84 Å². The van der Waals surface area contributed by atoms with Gasteiger partial charge < -0.3 is 5.73 Å². The lowest BCUT2D eigenvalue weighted by atomic mass is 10.2.